The number of esters is 2. The maximum atomic E-state index is 12.3. The quantitative estimate of drug-likeness (QED) is 0.187. The minimum atomic E-state index is -0.434. The number of cyclic esters (lactones) is 1. The van der Waals surface area contributed by atoms with Crippen molar-refractivity contribution in [3.05, 3.63) is 59.2 Å². The van der Waals surface area contributed by atoms with E-state index in [0.29, 0.717) is 34.7 Å². The Morgan fingerprint density at radius 1 is 1.09 bits per heavy atom. The van der Waals surface area contributed by atoms with Crippen LogP contribution in [0, 0.1) is 5.41 Å². The zero-order valence-electron chi connectivity index (χ0n) is 18.3. The van der Waals surface area contributed by atoms with Crippen molar-refractivity contribution in [3.8, 4) is 0 Å². The molecule has 0 radical (unpaired) electrons. The predicted molar refractivity (Wildman–Crippen MR) is 124 cm³/mol. The Hall–Kier alpha value is -3.53. The summed E-state index contributed by atoms with van der Waals surface area (Å²) in [5.74, 6) is -0.318. The highest BCUT2D eigenvalue weighted by Crippen LogP contribution is 2.28. The van der Waals surface area contributed by atoms with Crippen LogP contribution < -0.4 is 10.6 Å². The van der Waals surface area contributed by atoms with E-state index in [1.807, 2.05) is 12.1 Å². The average Bonchev–Trinajstić information content (AvgIpc) is 3.19. The van der Waals surface area contributed by atoms with Crippen LogP contribution in [0.1, 0.15) is 16.7 Å². The minimum Gasteiger partial charge on any atom is -0.469 e. The van der Waals surface area contributed by atoms with Crippen molar-refractivity contribution in [1.29, 1.82) is 5.41 Å². The Morgan fingerprint density at radius 3 is 2.33 bits per heavy atom. The highest BCUT2D eigenvalue weighted by atomic mass is 32.2. The van der Waals surface area contributed by atoms with Crippen LogP contribution in [-0.4, -0.2) is 56.5 Å². The number of benzene rings is 2. The van der Waals surface area contributed by atoms with Gasteiger partial charge in [-0.25, -0.2) is 4.79 Å². The van der Waals surface area contributed by atoms with Gasteiger partial charge in [0.25, 0.3) is 0 Å². The molecule has 0 bridgehead atoms. The molecule has 9 nitrogen and oxygen atoms in total. The standard InChI is InChI=1S/C23H25N3O6S/c1-30-20(27)10-15-5-8-19(9-16(15)11-21(28)31-2)33-13-18-12-26(23(29)32-18)17-6-3-14(4-7-17)22(24)25/h3-9,18H,10-13H2,1-2H3,(H3,24,25). The molecule has 1 aliphatic rings. The van der Waals surface area contributed by atoms with Gasteiger partial charge >= 0.3 is 18.0 Å². The maximum Gasteiger partial charge on any atom is 0.414 e. The van der Waals surface area contributed by atoms with Gasteiger partial charge in [0.2, 0.25) is 0 Å². The Balaban J connectivity index is 1.65. The molecular weight excluding hydrogens is 446 g/mol. The van der Waals surface area contributed by atoms with E-state index >= 15 is 0 Å². The number of nitrogens with zero attached hydrogens (tertiary/aromatic N) is 1. The van der Waals surface area contributed by atoms with E-state index in [1.54, 1.807) is 30.3 Å². The number of nitrogens with two attached hydrogens (primary N) is 1. The summed E-state index contributed by atoms with van der Waals surface area (Å²) in [5, 5.41) is 7.46. The van der Waals surface area contributed by atoms with Crippen LogP contribution >= 0.6 is 11.8 Å². The van der Waals surface area contributed by atoms with E-state index in [4.69, 9.17) is 25.4 Å². The zero-order chi connectivity index (χ0) is 24.0. The van der Waals surface area contributed by atoms with Crippen molar-refractivity contribution >= 4 is 41.3 Å². The normalized spacial score (nSPS) is 15.2. The van der Waals surface area contributed by atoms with Gasteiger partial charge in [0.1, 0.15) is 11.9 Å². The number of ether oxygens (including phenoxy) is 3. The summed E-state index contributed by atoms with van der Waals surface area (Å²) in [7, 11) is 2.63. The highest BCUT2D eigenvalue weighted by Gasteiger charge is 2.32. The molecule has 0 aliphatic carbocycles. The minimum absolute atomic E-state index is 0.0380. The second kappa shape index (κ2) is 10.9. The van der Waals surface area contributed by atoms with Crippen molar-refractivity contribution in [2.75, 3.05) is 31.4 Å². The fraction of sp³-hybridized carbons (Fsp3) is 0.304. The van der Waals surface area contributed by atoms with Crippen molar-refractivity contribution in [2.45, 2.75) is 23.8 Å². The molecule has 1 aliphatic heterocycles. The van der Waals surface area contributed by atoms with Crippen LogP contribution in [0.25, 0.3) is 0 Å². The molecule has 0 saturated carbocycles. The molecular formula is C23H25N3O6S. The largest absolute Gasteiger partial charge is 0.469 e. The van der Waals surface area contributed by atoms with Crippen LogP contribution in [-0.2, 0) is 36.6 Å². The smallest absolute Gasteiger partial charge is 0.414 e. The van der Waals surface area contributed by atoms with Crippen molar-refractivity contribution in [1.82, 2.24) is 0 Å². The summed E-state index contributed by atoms with van der Waals surface area (Å²) < 4.78 is 15.0. The van der Waals surface area contributed by atoms with Gasteiger partial charge in [0, 0.05) is 21.9 Å². The molecule has 1 fully saturated rings. The monoisotopic (exact) mass is 471 g/mol. The Bertz CT molecular complexity index is 1060. The van der Waals surface area contributed by atoms with Gasteiger partial charge in [-0.05, 0) is 47.5 Å². The first kappa shape index (κ1) is 24.1. The van der Waals surface area contributed by atoms with Gasteiger partial charge < -0.3 is 19.9 Å². The van der Waals surface area contributed by atoms with Gasteiger partial charge in [0.05, 0.1) is 33.6 Å². The summed E-state index contributed by atoms with van der Waals surface area (Å²) in [6.07, 6.45) is -0.657. The lowest BCUT2D eigenvalue weighted by molar-refractivity contribution is -0.141. The molecule has 174 valence electrons. The first-order valence-corrected chi connectivity index (χ1v) is 11.1. The van der Waals surface area contributed by atoms with Crippen molar-refractivity contribution < 1.29 is 28.6 Å². The lowest BCUT2D eigenvalue weighted by Gasteiger charge is -2.14. The summed E-state index contributed by atoms with van der Waals surface area (Å²) >= 11 is 1.49. The average molecular weight is 472 g/mol. The molecule has 1 amide bonds. The van der Waals surface area contributed by atoms with E-state index in [9.17, 15) is 14.4 Å². The second-order valence-corrected chi connectivity index (χ2v) is 8.42. The Kier molecular flexibility index (Phi) is 7.94. The van der Waals surface area contributed by atoms with Crippen molar-refractivity contribution in [3.63, 3.8) is 0 Å². The third-order valence-electron chi connectivity index (χ3n) is 5.10. The third kappa shape index (κ3) is 6.26. The molecule has 0 aromatic heterocycles. The summed E-state index contributed by atoms with van der Waals surface area (Å²) in [5.41, 5.74) is 8.11. The molecule has 1 heterocycles. The van der Waals surface area contributed by atoms with Gasteiger partial charge in [-0.15, -0.1) is 11.8 Å². The lowest BCUT2D eigenvalue weighted by atomic mass is 10.0. The molecule has 2 aromatic carbocycles. The Morgan fingerprint density at radius 2 is 1.73 bits per heavy atom. The molecule has 0 spiro atoms. The van der Waals surface area contributed by atoms with Gasteiger partial charge in [-0.1, -0.05) is 6.07 Å². The number of amidine groups is 1. The molecule has 10 heteroatoms. The first-order chi connectivity index (χ1) is 15.8. The first-order valence-electron chi connectivity index (χ1n) is 10.1. The van der Waals surface area contributed by atoms with E-state index in [0.717, 1.165) is 4.90 Å². The highest BCUT2D eigenvalue weighted by molar-refractivity contribution is 7.99. The predicted octanol–water partition coefficient (Wildman–Crippen LogP) is 2.52. The maximum absolute atomic E-state index is 12.3. The number of nitrogens with one attached hydrogen (secondary N) is 1. The van der Waals surface area contributed by atoms with E-state index in [1.165, 1.54) is 30.9 Å². The third-order valence-corrected chi connectivity index (χ3v) is 6.23. The van der Waals surface area contributed by atoms with Crippen molar-refractivity contribution in [2.24, 2.45) is 5.73 Å². The molecule has 2 aromatic rings. The number of rotatable bonds is 9. The molecule has 1 saturated heterocycles. The van der Waals surface area contributed by atoms with E-state index in [2.05, 4.69) is 0 Å². The van der Waals surface area contributed by atoms with Gasteiger partial charge in [0.15, 0.2) is 0 Å². The number of carbonyl (C=O) groups excluding carboxylic acids is 3. The number of nitrogen functional groups attached to an aromatic ring is 1. The molecule has 1 unspecified atom stereocenters. The molecule has 33 heavy (non-hydrogen) atoms. The summed E-state index contributed by atoms with van der Waals surface area (Å²) in [6, 6.07) is 12.3. The number of thioether (sulfide) groups is 1. The number of methoxy groups -OCH3 is 2. The second-order valence-electron chi connectivity index (χ2n) is 7.32. The number of hydrogen-bond acceptors (Lipinski definition) is 8. The van der Waals surface area contributed by atoms with Crippen LogP contribution in [0.15, 0.2) is 47.4 Å². The number of amides is 1. The fourth-order valence-corrected chi connectivity index (χ4v) is 4.26. The molecule has 3 rings (SSSR count). The van der Waals surface area contributed by atoms with E-state index in [-0.39, 0.29) is 24.8 Å². The molecule has 1 atom stereocenters. The van der Waals surface area contributed by atoms with Crippen LogP contribution in [0.2, 0.25) is 0 Å². The number of anilines is 1. The van der Waals surface area contributed by atoms with Crippen LogP contribution in [0.5, 0.6) is 0 Å². The topological polar surface area (TPSA) is 132 Å². The number of hydrogen-bond donors (Lipinski definition) is 2. The fourth-order valence-electron chi connectivity index (χ4n) is 3.31. The van der Waals surface area contributed by atoms with Crippen LogP contribution in [0.4, 0.5) is 10.5 Å². The van der Waals surface area contributed by atoms with Gasteiger partial charge in [-0.2, -0.15) is 0 Å². The van der Waals surface area contributed by atoms with Crippen LogP contribution in [0.3, 0.4) is 0 Å². The van der Waals surface area contributed by atoms with E-state index < -0.39 is 18.0 Å². The Labute approximate surface area is 195 Å². The summed E-state index contributed by atoms with van der Waals surface area (Å²) in [6.45, 7) is 0.390. The van der Waals surface area contributed by atoms with Gasteiger partial charge in [-0.3, -0.25) is 19.9 Å². The number of carbonyl (C=O) groups is 3. The SMILES string of the molecule is COC(=O)Cc1ccc(SCC2CN(c3ccc(C(=N)N)cc3)C(=O)O2)cc1CC(=O)OC. The zero-order valence-corrected chi connectivity index (χ0v) is 19.1. The summed E-state index contributed by atoms with van der Waals surface area (Å²) in [4.78, 5) is 38.2. The lowest BCUT2D eigenvalue weighted by Crippen LogP contribution is -2.25. The molecule has 3 N–H and O–H groups in total.